The lowest BCUT2D eigenvalue weighted by molar-refractivity contribution is 0.574. The van der Waals surface area contributed by atoms with Crippen LogP contribution >= 0.6 is 23.2 Å². The lowest BCUT2D eigenvalue weighted by Crippen LogP contribution is -2.26. The van der Waals surface area contributed by atoms with Gasteiger partial charge in [-0.2, -0.15) is 0 Å². The van der Waals surface area contributed by atoms with Gasteiger partial charge in [-0.3, -0.25) is 0 Å². The summed E-state index contributed by atoms with van der Waals surface area (Å²) in [7, 11) is -3.72. The average molecular weight is 347 g/mol. The molecule has 2 unspecified atom stereocenters. The highest BCUT2D eigenvalue weighted by molar-refractivity contribution is 7.89. The molecule has 0 amide bonds. The van der Waals surface area contributed by atoms with E-state index in [2.05, 4.69) is 23.5 Å². The molecule has 114 valence electrons. The van der Waals surface area contributed by atoms with E-state index in [0.717, 1.165) is 6.42 Å². The van der Waals surface area contributed by atoms with Gasteiger partial charge in [0.05, 0.1) is 16.6 Å². The summed E-state index contributed by atoms with van der Waals surface area (Å²) in [5.41, 5.74) is 5.82. The highest BCUT2D eigenvalue weighted by Crippen LogP contribution is 2.37. The Labute approximate surface area is 135 Å². The minimum atomic E-state index is -3.72. The van der Waals surface area contributed by atoms with Crippen LogP contribution in [0.5, 0.6) is 0 Å². The molecule has 0 aromatic heterocycles. The maximum Gasteiger partial charge on any atom is 0.243 e. The van der Waals surface area contributed by atoms with E-state index in [1.807, 2.05) is 0 Å². The van der Waals surface area contributed by atoms with E-state index in [4.69, 9.17) is 28.9 Å². The fourth-order valence-corrected chi connectivity index (χ4v) is 4.32. The molecule has 21 heavy (non-hydrogen) atoms. The summed E-state index contributed by atoms with van der Waals surface area (Å²) < 4.78 is 27.2. The molecular formula is C14H16Cl2N2O2S. The number of sulfonamides is 1. The van der Waals surface area contributed by atoms with Crippen molar-refractivity contribution >= 4 is 33.2 Å². The third-order valence-electron chi connectivity index (χ3n) is 3.41. The monoisotopic (exact) mass is 346 g/mol. The van der Waals surface area contributed by atoms with Gasteiger partial charge < -0.3 is 5.73 Å². The molecule has 1 aliphatic rings. The fraction of sp³-hybridized carbons (Fsp3) is 0.429. The third-order valence-corrected chi connectivity index (χ3v) is 5.76. The van der Waals surface area contributed by atoms with E-state index in [9.17, 15) is 8.42 Å². The SMILES string of the molecule is CC1CC1CNS(=O)(=O)c1c(Cl)cc(C#CCN)cc1Cl. The van der Waals surface area contributed by atoms with Gasteiger partial charge in [-0.15, -0.1) is 0 Å². The molecule has 0 heterocycles. The summed E-state index contributed by atoms with van der Waals surface area (Å²) in [5.74, 6) is 6.40. The molecule has 7 heteroatoms. The van der Waals surface area contributed by atoms with Crippen molar-refractivity contribution in [2.75, 3.05) is 13.1 Å². The van der Waals surface area contributed by atoms with Gasteiger partial charge in [0.2, 0.25) is 10.0 Å². The van der Waals surface area contributed by atoms with E-state index >= 15 is 0 Å². The minimum Gasteiger partial charge on any atom is -0.320 e. The first kappa shape index (κ1) is 16.6. The normalized spacial score (nSPS) is 20.8. The Balaban J connectivity index is 2.25. The van der Waals surface area contributed by atoms with Gasteiger partial charge in [0, 0.05) is 12.1 Å². The quantitative estimate of drug-likeness (QED) is 0.821. The van der Waals surface area contributed by atoms with Crippen molar-refractivity contribution in [3.63, 3.8) is 0 Å². The Morgan fingerprint density at radius 1 is 1.38 bits per heavy atom. The van der Waals surface area contributed by atoms with E-state index in [1.54, 1.807) is 0 Å². The number of halogens is 2. The van der Waals surface area contributed by atoms with Gasteiger partial charge in [0.25, 0.3) is 0 Å². The minimum absolute atomic E-state index is 0.0557. The molecule has 1 fully saturated rings. The Kier molecular flexibility index (Phi) is 5.18. The Morgan fingerprint density at radius 3 is 2.43 bits per heavy atom. The number of benzene rings is 1. The largest absolute Gasteiger partial charge is 0.320 e. The molecule has 4 nitrogen and oxygen atoms in total. The van der Waals surface area contributed by atoms with Crippen molar-refractivity contribution in [1.29, 1.82) is 0 Å². The molecule has 0 saturated heterocycles. The molecule has 0 aliphatic heterocycles. The summed E-state index contributed by atoms with van der Waals surface area (Å²) >= 11 is 12.1. The number of hydrogen-bond donors (Lipinski definition) is 2. The number of rotatable bonds is 4. The molecular weight excluding hydrogens is 331 g/mol. The smallest absolute Gasteiger partial charge is 0.243 e. The first-order valence-corrected chi connectivity index (χ1v) is 8.76. The predicted octanol–water partition coefficient (Wildman–Crippen LogP) is 2.24. The van der Waals surface area contributed by atoms with Gasteiger partial charge in [-0.25, -0.2) is 13.1 Å². The summed E-state index contributed by atoms with van der Waals surface area (Å²) in [5, 5.41) is 0.111. The lowest BCUT2D eigenvalue weighted by Gasteiger charge is -2.10. The standard InChI is InChI=1S/C14H16Cl2N2O2S/c1-9-5-11(9)8-18-21(19,20)14-12(15)6-10(3-2-4-17)7-13(14)16/h6-7,9,11,18H,4-5,8,17H2,1H3. The Hall–Kier alpha value is -0.770. The van der Waals surface area contributed by atoms with Crippen molar-refractivity contribution in [3.05, 3.63) is 27.7 Å². The molecule has 1 aliphatic carbocycles. The lowest BCUT2D eigenvalue weighted by atomic mass is 10.2. The van der Waals surface area contributed by atoms with Gasteiger partial charge in [-0.05, 0) is 30.4 Å². The van der Waals surface area contributed by atoms with E-state index < -0.39 is 10.0 Å². The van der Waals surface area contributed by atoms with Crippen LogP contribution in [0.3, 0.4) is 0 Å². The fourth-order valence-electron chi connectivity index (χ4n) is 2.01. The number of hydrogen-bond acceptors (Lipinski definition) is 3. The predicted molar refractivity (Wildman–Crippen MR) is 84.9 cm³/mol. The molecule has 2 atom stereocenters. The summed E-state index contributed by atoms with van der Waals surface area (Å²) in [6, 6.07) is 2.95. The van der Waals surface area contributed by atoms with Crippen LogP contribution in [0.1, 0.15) is 18.9 Å². The van der Waals surface area contributed by atoms with Crippen LogP contribution in [0.2, 0.25) is 10.0 Å². The average Bonchev–Trinajstić information content (AvgIpc) is 3.09. The van der Waals surface area contributed by atoms with Crippen LogP contribution in [0.4, 0.5) is 0 Å². The van der Waals surface area contributed by atoms with Crippen molar-refractivity contribution in [2.45, 2.75) is 18.2 Å². The molecule has 1 aromatic rings. The molecule has 0 radical (unpaired) electrons. The second-order valence-electron chi connectivity index (χ2n) is 5.10. The number of nitrogens with one attached hydrogen (secondary N) is 1. The van der Waals surface area contributed by atoms with Gasteiger partial charge in [0.1, 0.15) is 4.90 Å². The number of nitrogens with two attached hydrogens (primary N) is 1. The van der Waals surface area contributed by atoms with Crippen LogP contribution in [-0.4, -0.2) is 21.5 Å². The van der Waals surface area contributed by atoms with Crippen molar-refractivity contribution in [1.82, 2.24) is 4.72 Å². The Bertz CT molecular complexity index is 684. The zero-order valence-electron chi connectivity index (χ0n) is 11.5. The van der Waals surface area contributed by atoms with E-state index in [1.165, 1.54) is 12.1 Å². The third kappa shape index (κ3) is 4.12. The first-order valence-electron chi connectivity index (χ1n) is 6.53. The highest BCUT2D eigenvalue weighted by atomic mass is 35.5. The van der Waals surface area contributed by atoms with Gasteiger partial charge in [0.15, 0.2) is 0 Å². The van der Waals surface area contributed by atoms with Gasteiger partial charge >= 0.3 is 0 Å². The van der Waals surface area contributed by atoms with Crippen molar-refractivity contribution in [2.24, 2.45) is 17.6 Å². The molecule has 0 spiro atoms. The zero-order valence-corrected chi connectivity index (χ0v) is 13.8. The van der Waals surface area contributed by atoms with Crippen molar-refractivity contribution in [3.8, 4) is 11.8 Å². The Morgan fingerprint density at radius 2 is 1.95 bits per heavy atom. The second kappa shape index (κ2) is 6.55. The maximum absolute atomic E-state index is 12.3. The highest BCUT2D eigenvalue weighted by Gasteiger charge is 2.34. The summed E-state index contributed by atoms with van der Waals surface area (Å²) in [6.07, 6.45) is 1.04. The molecule has 1 aromatic carbocycles. The molecule has 2 rings (SSSR count). The molecule has 1 saturated carbocycles. The summed E-state index contributed by atoms with van der Waals surface area (Å²) in [6.45, 7) is 2.70. The van der Waals surface area contributed by atoms with Crippen LogP contribution in [0.15, 0.2) is 17.0 Å². The van der Waals surface area contributed by atoms with Crippen LogP contribution in [0, 0.1) is 23.7 Å². The van der Waals surface area contributed by atoms with Crippen LogP contribution < -0.4 is 10.5 Å². The van der Waals surface area contributed by atoms with Crippen molar-refractivity contribution < 1.29 is 8.42 Å². The second-order valence-corrected chi connectivity index (χ2v) is 7.62. The van der Waals surface area contributed by atoms with Gasteiger partial charge in [-0.1, -0.05) is 42.0 Å². The van der Waals surface area contributed by atoms with Crippen LogP contribution in [-0.2, 0) is 10.0 Å². The van der Waals surface area contributed by atoms with Crippen LogP contribution in [0.25, 0.3) is 0 Å². The zero-order chi connectivity index (χ0) is 15.6. The van der Waals surface area contributed by atoms with E-state index in [-0.39, 0.29) is 21.5 Å². The topological polar surface area (TPSA) is 72.2 Å². The molecule has 3 N–H and O–H groups in total. The first-order chi connectivity index (χ1) is 9.85. The summed E-state index contributed by atoms with van der Waals surface area (Å²) in [4.78, 5) is -0.0996. The van der Waals surface area contributed by atoms with E-state index in [0.29, 0.717) is 23.9 Å². The maximum atomic E-state index is 12.3. The molecule has 0 bridgehead atoms.